The van der Waals surface area contributed by atoms with Crippen LogP contribution in [0.5, 0.6) is 5.75 Å². The zero-order valence-electron chi connectivity index (χ0n) is 20.4. The third-order valence-corrected chi connectivity index (χ3v) is 6.54. The van der Waals surface area contributed by atoms with E-state index in [0.29, 0.717) is 4.68 Å². The number of aliphatic hydroxyl groups is 1. The fourth-order valence-corrected chi connectivity index (χ4v) is 4.75. The molecule has 2 heterocycles. The van der Waals surface area contributed by atoms with Crippen LogP contribution in [0.25, 0.3) is 0 Å². The predicted octanol–water partition coefficient (Wildman–Crippen LogP) is 1.95. The number of nitrogens with two attached hydrogens (primary N) is 1. The molecule has 1 unspecified atom stereocenters. The first kappa shape index (κ1) is 29.5. The molecule has 0 amide bonds. The summed E-state index contributed by atoms with van der Waals surface area (Å²) in [5, 5.41) is 16.2. The van der Waals surface area contributed by atoms with E-state index in [9.17, 15) is 19.3 Å². The highest BCUT2D eigenvalue weighted by Crippen LogP contribution is 2.52. The number of nitrogen functional groups attached to an aromatic ring is 1. The normalized spacial score (nSPS) is 25.2. The lowest BCUT2D eigenvalue weighted by molar-refractivity contribution is -0.156. The lowest BCUT2D eigenvalue weighted by Gasteiger charge is -2.24. The highest BCUT2D eigenvalue weighted by Gasteiger charge is 2.59. The summed E-state index contributed by atoms with van der Waals surface area (Å²) in [4.78, 5) is 27.9. The van der Waals surface area contributed by atoms with Gasteiger partial charge in [0.1, 0.15) is 23.8 Å². The van der Waals surface area contributed by atoms with Crippen molar-refractivity contribution < 1.29 is 41.9 Å². The number of alkyl halides is 1. The van der Waals surface area contributed by atoms with Crippen molar-refractivity contribution in [1.82, 2.24) is 14.8 Å². The SMILES string of the molecule is CC(C)OC(=O)[C@H](C)O[P@](=O)(OC[C@H]1O[C@@H](n2ncc(N)nc2=O)C(F)(C#CCl)[C@H]1O)Oc1ccccc1. The molecule has 0 saturated carbocycles. The van der Waals surface area contributed by atoms with E-state index in [1.54, 1.807) is 32.0 Å². The van der Waals surface area contributed by atoms with Gasteiger partial charge in [-0.15, -0.1) is 0 Å². The Bertz CT molecular complexity index is 1300. The molecule has 0 spiro atoms. The van der Waals surface area contributed by atoms with Crippen LogP contribution in [0, 0.1) is 11.3 Å². The molecule has 1 aliphatic rings. The van der Waals surface area contributed by atoms with E-state index >= 15 is 4.39 Å². The maximum Gasteiger partial charge on any atom is 0.530 e. The zero-order valence-corrected chi connectivity index (χ0v) is 22.0. The number of aromatic nitrogens is 3. The van der Waals surface area contributed by atoms with Gasteiger partial charge in [0.25, 0.3) is 0 Å². The second-order valence-corrected chi connectivity index (χ2v) is 9.98. The van der Waals surface area contributed by atoms with Gasteiger partial charge in [-0.05, 0) is 50.4 Å². The maximum absolute atomic E-state index is 15.9. The molecule has 206 valence electrons. The minimum atomic E-state index is -4.63. The van der Waals surface area contributed by atoms with Crippen LogP contribution in [0.2, 0.25) is 0 Å². The Balaban J connectivity index is 1.86. The molecule has 0 radical (unpaired) electrons. The number of benzene rings is 1. The Labute approximate surface area is 221 Å². The first-order chi connectivity index (χ1) is 17.9. The fraction of sp³-hybridized carbons (Fsp3) is 0.455. The summed E-state index contributed by atoms with van der Waals surface area (Å²) in [7, 11) is -4.63. The molecule has 6 atom stereocenters. The van der Waals surface area contributed by atoms with Crippen molar-refractivity contribution in [2.24, 2.45) is 0 Å². The largest absolute Gasteiger partial charge is 0.530 e. The Hall–Kier alpha value is -3.05. The van der Waals surface area contributed by atoms with Crippen molar-refractivity contribution in [3.8, 4) is 17.0 Å². The van der Waals surface area contributed by atoms with Gasteiger partial charge in [-0.3, -0.25) is 9.05 Å². The van der Waals surface area contributed by atoms with Crippen molar-refractivity contribution in [3.63, 3.8) is 0 Å². The third-order valence-electron chi connectivity index (χ3n) is 4.97. The summed E-state index contributed by atoms with van der Waals surface area (Å²) in [6.07, 6.45) is -6.54. The van der Waals surface area contributed by atoms with Gasteiger partial charge < -0.3 is 24.8 Å². The molecule has 0 aliphatic carbocycles. The van der Waals surface area contributed by atoms with Crippen molar-refractivity contribution in [2.45, 2.75) is 57.1 Å². The minimum absolute atomic E-state index is 0.0579. The molecule has 2 aromatic rings. The summed E-state index contributed by atoms with van der Waals surface area (Å²) in [6.45, 7) is 3.68. The van der Waals surface area contributed by atoms with Crippen LogP contribution in [0.4, 0.5) is 10.2 Å². The molecule has 38 heavy (non-hydrogen) atoms. The van der Waals surface area contributed by atoms with E-state index in [-0.39, 0.29) is 11.6 Å². The van der Waals surface area contributed by atoms with Gasteiger partial charge in [-0.25, -0.2) is 18.5 Å². The average molecular weight is 575 g/mol. The number of ether oxygens (including phenoxy) is 2. The number of halogens is 2. The number of phosphoric acid groups is 1. The van der Waals surface area contributed by atoms with E-state index < -0.39 is 62.4 Å². The topological polar surface area (TPSA) is 174 Å². The summed E-state index contributed by atoms with van der Waals surface area (Å²) < 4.78 is 56.4. The number of phosphoric ester groups is 1. The molecule has 3 N–H and O–H groups in total. The molecule has 1 aromatic heterocycles. The third kappa shape index (κ3) is 6.87. The van der Waals surface area contributed by atoms with Gasteiger partial charge in [-0.2, -0.15) is 14.8 Å². The average Bonchev–Trinajstić information content (AvgIpc) is 3.08. The Kier molecular flexibility index (Phi) is 9.48. The molecule has 16 heteroatoms. The Morgan fingerprint density at radius 1 is 1.37 bits per heavy atom. The second kappa shape index (κ2) is 12.2. The highest BCUT2D eigenvalue weighted by atomic mass is 35.5. The smallest absolute Gasteiger partial charge is 0.461 e. The summed E-state index contributed by atoms with van der Waals surface area (Å²) in [5.74, 6) is 0.933. The van der Waals surface area contributed by atoms with E-state index in [4.69, 9.17) is 40.4 Å². The van der Waals surface area contributed by atoms with Crippen LogP contribution in [-0.2, 0) is 27.9 Å². The number of hydrogen-bond donors (Lipinski definition) is 2. The van der Waals surface area contributed by atoms with Crippen LogP contribution in [0.3, 0.4) is 0 Å². The Morgan fingerprint density at radius 2 is 2.05 bits per heavy atom. The van der Waals surface area contributed by atoms with Crippen molar-refractivity contribution in [2.75, 3.05) is 12.3 Å². The molecular weight excluding hydrogens is 550 g/mol. The predicted molar refractivity (Wildman–Crippen MR) is 130 cm³/mol. The lowest BCUT2D eigenvalue weighted by atomic mass is 9.97. The highest BCUT2D eigenvalue weighted by molar-refractivity contribution is 7.49. The van der Waals surface area contributed by atoms with Gasteiger partial charge in [0, 0.05) is 5.38 Å². The molecule has 13 nitrogen and oxygen atoms in total. The van der Waals surface area contributed by atoms with Gasteiger partial charge in [0.05, 0.1) is 18.9 Å². The van der Waals surface area contributed by atoms with E-state index in [1.807, 2.05) is 11.3 Å². The first-order valence-corrected chi connectivity index (χ1v) is 13.0. The molecule has 1 saturated heterocycles. The Morgan fingerprint density at radius 3 is 2.66 bits per heavy atom. The zero-order chi connectivity index (χ0) is 28.1. The number of carbonyl (C=O) groups excluding carboxylic acids is 1. The lowest BCUT2D eigenvalue weighted by Crippen LogP contribution is -2.45. The van der Waals surface area contributed by atoms with Crippen molar-refractivity contribution in [3.05, 3.63) is 47.0 Å². The molecule has 0 bridgehead atoms. The van der Waals surface area contributed by atoms with Crippen LogP contribution < -0.4 is 15.9 Å². The summed E-state index contributed by atoms with van der Waals surface area (Å²) in [5.41, 5.74) is 1.36. The van der Waals surface area contributed by atoms with Gasteiger partial charge >= 0.3 is 19.5 Å². The molecule has 1 aliphatic heterocycles. The van der Waals surface area contributed by atoms with Gasteiger partial charge in [0.2, 0.25) is 11.9 Å². The molecular formula is C22H25ClFN4O9P. The van der Waals surface area contributed by atoms with E-state index in [0.717, 1.165) is 6.20 Å². The number of aliphatic hydroxyl groups excluding tert-OH is 1. The number of anilines is 1. The number of nitrogens with zero attached hydrogens (tertiary/aromatic N) is 3. The summed E-state index contributed by atoms with van der Waals surface area (Å²) in [6, 6.07) is 7.73. The minimum Gasteiger partial charge on any atom is -0.461 e. The maximum atomic E-state index is 15.9. The fourth-order valence-electron chi connectivity index (χ4n) is 3.27. The molecule has 1 fully saturated rings. The van der Waals surface area contributed by atoms with Crippen LogP contribution in [0.15, 0.2) is 41.3 Å². The van der Waals surface area contributed by atoms with Gasteiger partial charge in [0.15, 0.2) is 6.10 Å². The van der Waals surface area contributed by atoms with E-state index in [2.05, 4.69) is 10.1 Å². The number of rotatable bonds is 10. The number of esters is 1. The van der Waals surface area contributed by atoms with Crippen LogP contribution in [-0.4, -0.2) is 62.5 Å². The monoisotopic (exact) mass is 574 g/mol. The quantitative estimate of drug-likeness (QED) is 0.240. The number of hydrogen-bond acceptors (Lipinski definition) is 12. The molecule has 3 rings (SSSR count). The van der Waals surface area contributed by atoms with Crippen molar-refractivity contribution in [1.29, 1.82) is 0 Å². The van der Waals surface area contributed by atoms with Crippen molar-refractivity contribution >= 4 is 31.2 Å². The summed E-state index contributed by atoms with van der Waals surface area (Å²) >= 11 is 5.39. The molecule has 1 aromatic carbocycles. The first-order valence-electron chi connectivity index (χ1n) is 11.1. The second-order valence-electron chi connectivity index (χ2n) is 8.25. The number of para-hydroxylation sites is 1. The van der Waals surface area contributed by atoms with Crippen LogP contribution >= 0.6 is 19.4 Å². The number of carbonyl (C=O) groups is 1. The van der Waals surface area contributed by atoms with E-state index in [1.165, 1.54) is 19.1 Å². The van der Waals surface area contributed by atoms with Gasteiger partial charge in [-0.1, -0.05) is 18.2 Å². The van der Waals surface area contributed by atoms with Crippen LogP contribution in [0.1, 0.15) is 27.0 Å². The standard InChI is InChI=1S/C22H25ClFN4O9P/c1-13(2)34-19(30)14(3)36-38(32,37-15-7-5-4-6-8-15)33-12-16-18(29)22(24,9-10-23)20(35-16)28-21(31)27-17(25)11-26-28/h4-8,11,13-14,16,18,20,29H,12H2,1-3H3,(H2,25,27,31)/t14-,16+,18-,20+,22?,38-/m0/s1.